The van der Waals surface area contributed by atoms with Crippen LogP contribution < -0.4 is 0 Å². The summed E-state index contributed by atoms with van der Waals surface area (Å²) in [6.07, 6.45) is 21.9. The normalized spacial score (nSPS) is 11.0. The van der Waals surface area contributed by atoms with Crippen LogP contribution in [0.4, 0.5) is 0 Å². The van der Waals surface area contributed by atoms with Gasteiger partial charge in [0.25, 0.3) is 0 Å². The first-order valence-corrected chi connectivity index (χ1v) is 11.0. The fraction of sp³-hybridized carbons (Fsp3) is 0.762. The van der Waals surface area contributed by atoms with Gasteiger partial charge < -0.3 is 0 Å². The SMILES string of the molecule is CCCCCCCCCCCCCCCCSc1ccccn1. The van der Waals surface area contributed by atoms with Crippen molar-refractivity contribution in [1.29, 1.82) is 0 Å². The smallest absolute Gasteiger partial charge is 0.0959 e. The summed E-state index contributed by atoms with van der Waals surface area (Å²) in [6.45, 7) is 2.29. The van der Waals surface area contributed by atoms with E-state index in [1.807, 2.05) is 24.0 Å². The van der Waals surface area contributed by atoms with E-state index in [9.17, 15) is 0 Å². The minimum Gasteiger partial charge on any atom is -0.250 e. The highest BCUT2D eigenvalue weighted by atomic mass is 32.2. The van der Waals surface area contributed by atoms with Crippen LogP contribution in [-0.4, -0.2) is 10.7 Å². The maximum atomic E-state index is 4.35. The maximum absolute atomic E-state index is 4.35. The van der Waals surface area contributed by atoms with Crippen molar-refractivity contribution in [2.24, 2.45) is 0 Å². The van der Waals surface area contributed by atoms with Crippen molar-refractivity contribution in [1.82, 2.24) is 4.98 Å². The lowest BCUT2D eigenvalue weighted by molar-refractivity contribution is 0.538. The molecule has 0 radical (unpaired) electrons. The van der Waals surface area contributed by atoms with E-state index < -0.39 is 0 Å². The third-order valence-corrected chi connectivity index (χ3v) is 5.42. The second-order valence-corrected chi connectivity index (χ2v) is 7.73. The Morgan fingerprint density at radius 1 is 0.696 bits per heavy atom. The molecule has 1 aromatic rings. The van der Waals surface area contributed by atoms with E-state index in [0.29, 0.717) is 0 Å². The summed E-state index contributed by atoms with van der Waals surface area (Å²) in [7, 11) is 0. The van der Waals surface area contributed by atoms with Crippen LogP contribution in [0.1, 0.15) is 96.8 Å². The number of aromatic nitrogens is 1. The first-order valence-electron chi connectivity index (χ1n) is 9.97. The number of hydrogen-bond donors (Lipinski definition) is 0. The van der Waals surface area contributed by atoms with E-state index in [0.717, 1.165) is 0 Å². The molecule has 23 heavy (non-hydrogen) atoms. The molecular formula is C21H37NS. The third kappa shape index (κ3) is 13.6. The molecule has 0 N–H and O–H groups in total. The van der Waals surface area contributed by atoms with Gasteiger partial charge in [0.05, 0.1) is 5.03 Å². The third-order valence-electron chi connectivity index (χ3n) is 4.39. The Morgan fingerprint density at radius 3 is 1.70 bits per heavy atom. The van der Waals surface area contributed by atoms with Gasteiger partial charge in [-0.2, -0.15) is 0 Å². The molecule has 1 heterocycles. The number of thioether (sulfide) groups is 1. The number of unbranched alkanes of at least 4 members (excludes halogenated alkanes) is 13. The fourth-order valence-corrected chi connectivity index (χ4v) is 3.77. The van der Waals surface area contributed by atoms with Crippen LogP contribution in [-0.2, 0) is 0 Å². The minimum absolute atomic E-state index is 1.17. The van der Waals surface area contributed by atoms with Crippen molar-refractivity contribution in [2.45, 2.75) is 102 Å². The van der Waals surface area contributed by atoms with Crippen LogP contribution in [0.25, 0.3) is 0 Å². The summed E-state index contributed by atoms with van der Waals surface area (Å²) >= 11 is 1.89. The van der Waals surface area contributed by atoms with Gasteiger partial charge in [0.15, 0.2) is 0 Å². The number of rotatable bonds is 16. The molecule has 1 rings (SSSR count). The molecule has 2 heteroatoms. The van der Waals surface area contributed by atoms with E-state index in [1.165, 1.54) is 101 Å². The molecule has 0 aromatic carbocycles. The van der Waals surface area contributed by atoms with Crippen LogP contribution in [0.3, 0.4) is 0 Å². The summed E-state index contributed by atoms with van der Waals surface area (Å²) in [5.41, 5.74) is 0. The molecule has 0 saturated heterocycles. The fourth-order valence-electron chi connectivity index (χ4n) is 2.91. The van der Waals surface area contributed by atoms with Crippen LogP contribution in [0.15, 0.2) is 29.4 Å². The quantitative estimate of drug-likeness (QED) is 0.227. The molecule has 0 bridgehead atoms. The lowest BCUT2D eigenvalue weighted by Crippen LogP contribution is -1.85. The highest BCUT2D eigenvalue weighted by Gasteiger charge is 1.96. The van der Waals surface area contributed by atoms with Crippen LogP contribution >= 0.6 is 11.8 Å². The highest BCUT2D eigenvalue weighted by Crippen LogP contribution is 2.17. The van der Waals surface area contributed by atoms with E-state index in [4.69, 9.17) is 0 Å². The summed E-state index contributed by atoms with van der Waals surface area (Å²) in [6, 6.07) is 6.16. The van der Waals surface area contributed by atoms with Gasteiger partial charge in [0.2, 0.25) is 0 Å². The Balaban J connectivity index is 1.72. The number of hydrogen-bond acceptors (Lipinski definition) is 2. The van der Waals surface area contributed by atoms with Crippen LogP contribution in [0.2, 0.25) is 0 Å². The highest BCUT2D eigenvalue weighted by molar-refractivity contribution is 7.99. The van der Waals surface area contributed by atoms with Crippen molar-refractivity contribution in [3.05, 3.63) is 24.4 Å². The lowest BCUT2D eigenvalue weighted by atomic mass is 10.0. The van der Waals surface area contributed by atoms with Gasteiger partial charge in [-0.05, 0) is 24.3 Å². The van der Waals surface area contributed by atoms with Crippen molar-refractivity contribution in [2.75, 3.05) is 5.75 Å². The zero-order chi connectivity index (χ0) is 16.4. The second kappa shape index (κ2) is 16.4. The van der Waals surface area contributed by atoms with Crippen molar-refractivity contribution < 1.29 is 0 Å². The topological polar surface area (TPSA) is 12.9 Å². The molecule has 1 aromatic heterocycles. The van der Waals surface area contributed by atoms with Crippen LogP contribution in [0.5, 0.6) is 0 Å². The maximum Gasteiger partial charge on any atom is 0.0959 e. The van der Waals surface area contributed by atoms with Crippen molar-refractivity contribution in [3.8, 4) is 0 Å². The summed E-state index contributed by atoms with van der Waals surface area (Å²) < 4.78 is 0. The van der Waals surface area contributed by atoms with Gasteiger partial charge in [-0.25, -0.2) is 4.98 Å². The van der Waals surface area contributed by atoms with Gasteiger partial charge in [0.1, 0.15) is 0 Å². The predicted octanol–water partition coefficient (Wildman–Crippen LogP) is 7.66. The standard InChI is InChI=1S/C21H37NS/c1-2-3-4-5-6-7-8-9-10-11-12-13-14-17-20-23-21-18-15-16-19-22-21/h15-16,18-19H,2-14,17,20H2,1H3. The van der Waals surface area contributed by atoms with E-state index in [1.54, 1.807) is 0 Å². The molecule has 132 valence electrons. The molecule has 0 fully saturated rings. The first kappa shape index (κ1) is 20.5. The van der Waals surface area contributed by atoms with E-state index in [2.05, 4.69) is 24.0 Å². The van der Waals surface area contributed by atoms with Gasteiger partial charge in [-0.3, -0.25) is 0 Å². The molecule has 0 amide bonds. The zero-order valence-electron chi connectivity index (χ0n) is 15.3. The molecule has 0 aliphatic heterocycles. The Hall–Kier alpha value is -0.500. The largest absolute Gasteiger partial charge is 0.250 e. The van der Waals surface area contributed by atoms with E-state index >= 15 is 0 Å². The minimum atomic E-state index is 1.17. The molecule has 0 aliphatic rings. The lowest BCUT2D eigenvalue weighted by Gasteiger charge is -2.03. The molecule has 1 nitrogen and oxygen atoms in total. The molecule has 0 aliphatic carbocycles. The summed E-state index contributed by atoms with van der Waals surface area (Å²) in [5, 5.41) is 1.17. The Bertz CT molecular complexity index is 339. The predicted molar refractivity (Wildman–Crippen MR) is 105 cm³/mol. The van der Waals surface area contributed by atoms with Gasteiger partial charge in [-0.1, -0.05) is 96.5 Å². The van der Waals surface area contributed by atoms with Gasteiger partial charge >= 0.3 is 0 Å². The van der Waals surface area contributed by atoms with Gasteiger partial charge in [0, 0.05) is 6.20 Å². The van der Waals surface area contributed by atoms with Gasteiger partial charge in [-0.15, -0.1) is 11.8 Å². The summed E-state index contributed by atoms with van der Waals surface area (Å²) in [4.78, 5) is 4.35. The van der Waals surface area contributed by atoms with Crippen LogP contribution in [0, 0.1) is 0 Å². The molecular weight excluding hydrogens is 298 g/mol. The molecule has 0 atom stereocenters. The Morgan fingerprint density at radius 2 is 1.22 bits per heavy atom. The molecule has 0 spiro atoms. The van der Waals surface area contributed by atoms with E-state index in [-0.39, 0.29) is 0 Å². The van der Waals surface area contributed by atoms with Crippen molar-refractivity contribution in [3.63, 3.8) is 0 Å². The zero-order valence-corrected chi connectivity index (χ0v) is 16.1. The average Bonchev–Trinajstić information content (AvgIpc) is 2.59. The van der Waals surface area contributed by atoms with Crippen molar-refractivity contribution >= 4 is 11.8 Å². The summed E-state index contributed by atoms with van der Waals surface area (Å²) in [5.74, 6) is 1.22. The monoisotopic (exact) mass is 335 g/mol. The Labute approximate surface area is 149 Å². The number of nitrogens with zero attached hydrogens (tertiary/aromatic N) is 1. The average molecular weight is 336 g/mol. The second-order valence-electron chi connectivity index (χ2n) is 6.61. The molecule has 0 saturated carbocycles. The first-order chi connectivity index (χ1) is 11.4. The number of pyridine rings is 1. The molecule has 0 unspecified atom stereocenters. The Kier molecular flexibility index (Phi) is 14.6.